The molecule has 0 atom stereocenters. The molecule has 0 spiro atoms. The quantitative estimate of drug-likeness (QED) is 0.465. The summed E-state index contributed by atoms with van der Waals surface area (Å²) in [7, 11) is -3.57. The van der Waals surface area contributed by atoms with Crippen molar-refractivity contribution in [3.63, 3.8) is 0 Å². The van der Waals surface area contributed by atoms with E-state index < -0.39 is 41.9 Å². The van der Waals surface area contributed by atoms with E-state index in [0.29, 0.717) is 12.1 Å². The highest BCUT2D eigenvalue weighted by Gasteiger charge is 2.29. The second kappa shape index (κ2) is 4.54. The van der Waals surface area contributed by atoms with Crippen LogP contribution in [0, 0.1) is 20.2 Å². The summed E-state index contributed by atoms with van der Waals surface area (Å²) >= 11 is 0. The van der Waals surface area contributed by atoms with E-state index in [0.717, 1.165) is 0 Å². The van der Waals surface area contributed by atoms with Gasteiger partial charge in [0.25, 0.3) is 10.1 Å². The van der Waals surface area contributed by atoms with Gasteiger partial charge in [0, 0.05) is 19.2 Å². The van der Waals surface area contributed by atoms with E-state index in [1.807, 2.05) is 0 Å². The molecule has 0 fully saturated rings. The minimum absolute atomic E-state index is 0.447. The van der Waals surface area contributed by atoms with Crippen molar-refractivity contribution in [3.05, 3.63) is 32.4 Å². The molecule has 18 heavy (non-hydrogen) atoms. The molecule has 1 aromatic carbocycles. The summed E-state index contributed by atoms with van der Waals surface area (Å²) in [6.07, 6.45) is 0. The van der Waals surface area contributed by atoms with Crippen molar-refractivity contribution < 1.29 is 22.8 Å². The summed E-state index contributed by atoms with van der Waals surface area (Å²) in [4.78, 5) is 18.5. The van der Waals surface area contributed by atoms with Crippen molar-refractivity contribution in [3.8, 4) is 0 Å². The van der Waals surface area contributed by atoms with Crippen molar-refractivity contribution in [2.24, 2.45) is 0 Å². The molecule has 0 aliphatic carbocycles. The van der Waals surface area contributed by atoms with Gasteiger partial charge in [-0.15, -0.1) is 0 Å². The molecule has 1 rings (SSSR count). The van der Waals surface area contributed by atoms with E-state index in [9.17, 15) is 28.6 Å². The highest BCUT2D eigenvalue weighted by Crippen LogP contribution is 2.36. The van der Waals surface area contributed by atoms with Crippen LogP contribution in [0.1, 0.15) is 0 Å². The van der Waals surface area contributed by atoms with E-state index >= 15 is 0 Å². The van der Waals surface area contributed by atoms with Gasteiger partial charge < -0.3 is 5.32 Å². The Morgan fingerprint density at radius 3 is 1.78 bits per heavy atom. The average Bonchev–Trinajstić information content (AvgIpc) is 2.25. The summed E-state index contributed by atoms with van der Waals surface area (Å²) in [6.45, 7) is 0. The fourth-order valence-electron chi connectivity index (χ4n) is 1.28. The number of nitro groups is 2. The molecule has 0 radical (unpaired) electrons. The fourth-order valence-corrected chi connectivity index (χ4v) is 1.80. The number of nitrogens with one attached hydrogen (secondary N) is 1. The van der Waals surface area contributed by atoms with Crippen LogP contribution in [0.5, 0.6) is 0 Å². The minimum atomic E-state index is -4.78. The number of benzene rings is 1. The Balaban J connectivity index is 3.76. The topological polar surface area (TPSA) is 153 Å². The molecule has 0 aromatic heterocycles. The normalized spacial score (nSPS) is 11.0. The van der Waals surface area contributed by atoms with Gasteiger partial charge in [0.15, 0.2) is 5.69 Å². The first-order valence-corrected chi connectivity index (χ1v) is 5.74. The summed E-state index contributed by atoms with van der Waals surface area (Å²) < 4.78 is 30.5. The van der Waals surface area contributed by atoms with Crippen LogP contribution in [-0.2, 0) is 10.1 Å². The van der Waals surface area contributed by atoms with Gasteiger partial charge in [0.05, 0.1) is 9.85 Å². The summed E-state index contributed by atoms with van der Waals surface area (Å²) in [5.74, 6) is 0. The third-order valence-corrected chi connectivity index (χ3v) is 2.84. The summed E-state index contributed by atoms with van der Waals surface area (Å²) in [5.41, 5.74) is -2.09. The molecule has 0 aliphatic heterocycles. The minimum Gasteiger partial charge on any atom is -0.377 e. The van der Waals surface area contributed by atoms with Crippen molar-refractivity contribution in [2.75, 3.05) is 12.4 Å². The van der Waals surface area contributed by atoms with Crippen LogP contribution in [0.15, 0.2) is 17.0 Å². The van der Waals surface area contributed by atoms with Gasteiger partial charge in [0.1, 0.15) is 4.90 Å². The predicted octanol–water partition coefficient (Wildman–Crippen LogP) is 0.791. The second-order valence-corrected chi connectivity index (χ2v) is 4.50. The molecule has 0 unspecified atom stereocenters. The molecule has 98 valence electrons. The van der Waals surface area contributed by atoms with Crippen molar-refractivity contribution >= 4 is 27.2 Å². The lowest BCUT2D eigenvalue weighted by atomic mass is 10.2. The van der Waals surface area contributed by atoms with Crippen LogP contribution in [-0.4, -0.2) is 29.9 Å². The highest BCUT2D eigenvalue weighted by molar-refractivity contribution is 7.85. The average molecular weight is 277 g/mol. The molecule has 2 N–H and O–H groups in total. The Bertz CT molecular complexity index is 589. The molecule has 11 heteroatoms. The van der Waals surface area contributed by atoms with Gasteiger partial charge in [-0.2, -0.15) is 8.42 Å². The van der Waals surface area contributed by atoms with E-state index in [1.165, 1.54) is 7.05 Å². The molecule has 0 amide bonds. The summed E-state index contributed by atoms with van der Waals surface area (Å²) in [6, 6.07) is 1.07. The zero-order valence-electron chi connectivity index (χ0n) is 8.85. The van der Waals surface area contributed by atoms with Crippen LogP contribution < -0.4 is 5.32 Å². The smallest absolute Gasteiger partial charge is 0.300 e. The lowest BCUT2D eigenvalue weighted by molar-refractivity contribution is -0.392. The molecular weight excluding hydrogens is 270 g/mol. The zero-order valence-corrected chi connectivity index (χ0v) is 9.67. The molecule has 10 nitrogen and oxygen atoms in total. The van der Waals surface area contributed by atoms with Crippen LogP contribution in [0.2, 0.25) is 0 Å². The third-order valence-electron chi connectivity index (χ3n) is 2.01. The second-order valence-electron chi connectivity index (χ2n) is 3.08. The first kappa shape index (κ1) is 13.8. The van der Waals surface area contributed by atoms with Gasteiger partial charge in [-0.1, -0.05) is 0 Å². The molecule has 1 aromatic rings. The maximum Gasteiger partial charge on any atom is 0.300 e. The standard InChI is InChI=1S/C7H7N3O7S/c1-8-7-5(9(11)12)2-4(18(15,16)17)3-6(7)10(13)14/h2-3,8H,1H3,(H,15,16,17). The monoisotopic (exact) mass is 277 g/mol. The Morgan fingerprint density at radius 2 is 1.56 bits per heavy atom. The number of nitro benzene ring substituents is 2. The van der Waals surface area contributed by atoms with E-state index in [4.69, 9.17) is 4.55 Å². The lowest BCUT2D eigenvalue weighted by Crippen LogP contribution is -2.05. The van der Waals surface area contributed by atoms with Gasteiger partial charge in [-0.05, 0) is 0 Å². The Hall–Kier alpha value is -2.27. The lowest BCUT2D eigenvalue weighted by Gasteiger charge is -2.05. The number of rotatable bonds is 4. The Labute approximate surface area is 100 Å². The maximum atomic E-state index is 10.9. The predicted molar refractivity (Wildman–Crippen MR) is 59.1 cm³/mol. The molecule has 0 saturated heterocycles. The maximum absolute atomic E-state index is 10.9. The van der Waals surface area contributed by atoms with Gasteiger partial charge >= 0.3 is 11.4 Å². The van der Waals surface area contributed by atoms with E-state index in [2.05, 4.69) is 5.32 Å². The van der Waals surface area contributed by atoms with Crippen LogP contribution in [0.25, 0.3) is 0 Å². The van der Waals surface area contributed by atoms with Crippen molar-refractivity contribution in [1.82, 2.24) is 0 Å². The first-order chi connectivity index (χ1) is 8.18. The van der Waals surface area contributed by atoms with E-state index in [-0.39, 0.29) is 0 Å². The van der Waals surface area contributed by atoms with Gasteiger partial charge in [-0.3, -0.25) is 24.8 Å². The van der Waals surface area contributed by atoms with Gasteiger partial charge in [0.2, 0.25) is 0 Å². The number of nitrogens with zero attached hydrogens (tertiary/aromatic N) is 2. The van der Waals surface area contributed by atoms with Crippen molar-refractivity contribution in [2.45, 2.75) is 4.90 Å². The van der Waals surface area contributed by atoms with Crippen LogP contribution >= 0.6 is 0 Å². The highest BCUT2D eigenvalue weighted by atomic mass is 32.2. The fraction of sp³-hybridized carbons (Fsp3) is 0.143. The first-order valence-electron chi connectivity index (χ1n) is 4.30. The van der Waals surface area contributed by atoms with E-state index in [1.54, 1.807) is 0 Å². The largest absolute Gasteiger partial charge is 0.377 e. The Morgan fingerprint density at radius 1 is 1.17 bits per heavy atom. The molecule has 0 saturated carbocycles. The SMILES string of the molecule is CNc1c([N+](=O)[O-])cc(S(=O)(=O)O)cc1[N+](=O)[O-]. The Kier molecular flexibility index (Phi) is 3.48. The van der Waals surface area contributed by atoms with Crippen LogP contribution in [0.4, 0.5) is 17.1 Å². The number of anilines is 1. The van der Waals surface area contributed by atoms with Crippen molar-refractivity contribution in [1.29, 1.82) is 0 Å². The molecular formula is C7H7N3O7S. The third kappa shape index (κ3) is 2.52. The number of hydrogen-bond acceptors (Lipinski definition) is 7. The van der Waals surface area contributed by atoms with Gasteiger partial charge in [-0.25, -0.2) is 0 Å². The summed E-state index contributed by atoms with van der Waals surface area (Å²) in [5, 5.41) is 23.6. The molecule has 0 aliphatic rings. The molecule has 0 bridgehead atoms. The molecule has 0 heterocycles. The van der Waals surface area contributed by atoms with Crippen LogP contribution in [0.3, 0.4) is 0 Å². The number of hydrogen-bond donors (Lipinski definition) is 2. The zero-order chi connectivity index (χ0) is 14.1.